The Labute approximate surface area is 78.7 Å². The predicted molar refractivity (Wildman–Crippen MR) is 49.1 cm³/mol. The minimum absolute atomic E-state index is 0.106. The monoisotopic (exact) mass is 184 g/mol. The van der Waals surface area contributed by atoms with E-state index >= 15 is 0 Å². The molecule has 0 aromatic rings. The number of esters is 1. The van der Waals surface area contributed by atoms with E-state index in [4.69, 9.17) is 9.47 Å². The van der Waals surface area contributed by atoms with Crippen molar-refractivity contribution in [3.63, 3.8) is 0 Å². The number of carbonyl (C=O) groups excluding carboxylic acids is 1. The molecule has 3 nitrogen and oxygen atoms in total. The molecular weight excluding hydrogens is 168 g/mol. The summed E-state index contributed by atoms with van der Waals surface area (Å²) in [4.78, 5) is 10.4. The Morgan fingerprint density at radius 1 is 1.31 bits per heavy atom. The SMILES string of the molecule is C1CCOC1.CC1=CCCC(=O)O1. The van der Waals surface area contributed by atoms with Gasteiger partial charge in [0.05, 0.1) is 0 Å². The molecule has 2 aliphatic rings. The average Bonchev–Trinajstić information content (AvgIpc) is 2.59. The summed E-state index contributed by atoms with van der Waals surface area (Å²) in [5.74, 6) is 0.631. The molecule has 0 aromatic heterocycles. The summed E-state index contributed by atoms with van der Waals surface area (Å²) < 4.78 is 9.65. The van der Waals surface area contributed by atoms with E-state index in [0.29, 0.717) is 6.42 Å². The van der Waals surface area contributed by atoms with Gasteiger partial charge in [-0.3, -0.25) is 4.79 Å². The van der Waals surface area contributed by atoms with Crippen molar-refractivity contribution < 1.29 is 14.3 Å². The normalized spacial score (nSPS) is 21.3. The Morgan fingerprint density at radius 2 is 2.00 bits per heavy atom. The first-order valence-electron chi connectivity index (χ1n) is 4.74. The van der Waals surface area contributed by atoms with Crippen LogP contribution in [0, 0.1) is 0 Å². The lowest BCUT2D eigenvalue weighted by molar-refractivity contribution is -0.140. The van der Waals surface area contributed by atoms with Crippen molar-refractivity contribution in [2.75, 3.05) is 13.2 Å². The standard InChI is InChI=1S/C6H8O2.C4H8O/c1-5-3-2-4-6(7)8-5;1-2-4-5-3-1/h3H,2,4H2,1H3;1-4H2. The summed E-state index contributed by atoms with van der Waals surface area (Å²) in [5, 5.41) is 0. The largest absolute Gasteiger partial charge is 0.432 e. The molecule has 2 aliphatic heterocycles. The highest BCUT2D eigenvalue weighted by atomic mass is 16.5. The van der Waals surface area contributed by atoms with Crippen molar-refractivity contribution in [3.05, 3.63) is 11.8 Å². The highest BCUT2D eigenvalue weighted by molar-refractivity contribution is 5.71. The van der Waals surface area contributed by atoms with Crippen molar-refractivity contribution in [2.45, 2.75) is 32.6 Å². The van der Waals surface area contributed by atoms with Gasteiger partial charge in [-0.05, 0) is 32.3 Å². The average molecular weight is 184 g/mol. The summed E-state index contributed by atoms with van der Waals surface area (Å²) in [6, 6.07) is 0. The summed E-state index contributed by atoms with van der Waals surface area (Å²) in [6.07, 6.45) is 5.85. The Bertz CT molecular complexity index is 185. The molecule has 0 aromatic carbocycles. The Morgan fingerprint density at radius 3 is 2.31 bits per heavy atom. The molecule has 0 spiro atoms. The molecule has 0 amide bonds. The van der Waals surface area contributed by atoms with Gasteiger partial charge in [0.2, 0.25) is 0 Å². The van der Waals surface area contributed by atoms with E-state index in [1.807, 2.05) is 6.08 Å². The molecule has 0 unspecified atom stereocenters. The zero-order chi connectivity index (χ0) is 9.52. The van der Waals surface area contributed by atoms with Crippen LogP contribution in [0.1, 0.15) is 32.6 Å². The number of cyclic esters (lactones) is 1. The van der Waals surface area contributed by atoms with Crippen LogP contribution >= 0.6 is 0 Å². The van der Waals surface area contributed by atoms with Crippen LogP contribution in [0.25, 0.3) is 0 Å². The maximum absolute atomic E-state index is 10.4. The third-order valence-electron chi connectivity index (χ3n) is 1.88. The third kappa shape index (κ3) is 4.68. The van der Waals surface area contributed by atoms with Crippen LogP contribution in [0.15, 0.2) is 11.8 Å². The van der Waals surface area contributed by atoms with E-state index in [0.717, 1.165) is 25.4 Å². The molecule has 0 saturated carbocycles. The predicted octanol–water partition coefficient (Wildman–Crippen LogP) is 2.02. The fourth-order valence-electron chi connectivity index (χ4n) is 1.18. The first-order chi connectivity index (χ1) is 6.29. The number of carbonyl (C=O) groups is 1. The number of allylic oxidation sites excluding steroid dienone is 2. The quantitative estimate of drug-likeness (QED) is 0.540. The van der Waals surface area contributed by atoms with Crippen LogP contribution in [-0.2, 0) is 14.3 Å². The molecule has 0 N–H and O–H groups in total. The molecule has 0 atom stereocenters. The molecule has 74 valence electrons. The lowest BCUT2D eigenvalue weighted by Gasteiger charge is -2.07. The van der Waals surface area contributed by atoms with Crippen molar-refractivity contribution in [1.82, 2.24) is 0 Å². The van der Waals surface area contributed by atoms with Crippen LogP contribution in [0.4, 0.5) is 0 Å². The van der Waals surface area contributed by atoms with E-state index in [1.165, 1.54) is 12.8 Å². The van der Waals surface area contributed by atoms with Gasteiger partial charge in [0.1, 0.15) is 5.76 Å². The Kier molecular flexibility index (Phi) is 4.54. The highest BCUT2D eigenvalue weighted by Gasteiger charge is 2.07. The lowest BCUT2D eigenvalue weighted by Crippen LogP contribution is -2.06. The van der Waals surface area contributed by atoms with Gasteiger partial charge in [-0.15, -0.1) is 0 Å². The highest BCUT2D eigenvalue weighted by Crippen LogP contribution is 2.08. The second-order valence-electron chi connectivity index (χ2n) is 3.15. The van der Waals surface area contributed by atoms with Crippen LogP contribution in [-0.4, -0.2) is 19.2 Å². The van der Waals surface area contributed by atoms with Crippen molar-refractivity contribution in [3.8, 4) is 0 Å². The second-order valence-corrected chi connectivity index (χ2v) is 3.15. The molecule has 0 bridgehead atoms. The molecular formula is C10H16O3. The zero-order valence-electron chi connectivity index (χ0n) is 8.04. The van der Waals surface area contributed by atoms with E-state index in [2.05, 4.69) is 0 Å². The first-order valence-corrected chi connectivity index (χ1v) is 4.74. The van der Waals surface area contributed by atoms with Crippen LogP contribution in [0.3, 0.4) is 0 Å². The number of rotatable bonds is 0. The zero-order valence-corrected chi connectivity index (χ0v) is 8.04. The molecule has 3 heteroatoms. The maximum Gasteiger partial charge on any atom is 0.311 e. The Hall–Kier alpha value is -0.830. The fraction of sp³-hybridized carbons (Fsp3) is 0.700. The van der Waals surface area contributed by atoms with Crippen LogP contribution in [0.5, 0.6) is 0 Å². The number of hydrogen-bond donors (Lipinski definition) is 0. The minimum atomic E-state index is -0.106. The Balaban J connectivity index is 0.000000145. The smallest absolute Gasteiger partial charge is 0.311 e. The van der Waals surface area contributed by atoms with Crippen LogP contribution < -0.4 is 0 Å². The molecule has 13 heavy (non-hydrogen) atoms. The number of ether oxygens (including phenoxy) is 2. The van der Waals surface area contributed by atoms with Crippen molar-refractivity contribution in [1.29, 1.82) is 0 Å². The van der Waals surface area contributed by atoms with Gasteiger partial charge in [0.15, 0.2) is 0 Å². The first kappa shape index (κ1) is 10.3. The van der Waals surface area contributed by atoms with Gasteiger partial charge in [0.25, 0.3) is 0 Å². The molecule has 1 fully saturated rings. The van der Waals surface area contributed by atoms with Gasteiger partial charge in [-0.1, -0.05) is 0 Å². The summed E-state index contributed by atoms with van der Waals surface area (Å²) in [7, 11) is 0. The van der Waals surface area contributed by atoms with E-state index < -0.39 is 0 Å². The second kappa shape index (κ2) is 5.75. The van der Waals surface area contributed by atoms with Gasteiger partial charge in [0, 0.05) is 19.6 Å². The van der Waals surface area contributed by atoms with Crippen molar-refractivity contribution >= 4 is 5.97 Å². The third-order valence-corrected chi connectivity index (χ3v) is 1.88. The van der Waals surface area contributed by atoms with Gasteiger partial charge >= 0.3 is 5.97 Å². The molecule has 0 radical (unpaired) electrons. The van der Waals surface area contributed by atoms with Crippen molar-refractivity contribution in [2.24, 2.45) is 0 Å². The van der Waals surface area contributed by atoms with Gasteiger partial charge in [-0.2, -0.15) is 0 Å². The molecule has 0 aliphatic carbocycles. The fourth-order valence-corrected chi connectivity index (χ4v) is 1.18. The maximum atomic E-state index is 10.4. The van der Waals surface area contributed by atoms with E-state index in [9.17, 15) is 4.79 Å². The minimum Gasteiger partial charge on any atom is -0.432 e. The lowest BCUT2D eigenvalue weighted by atomic mass is 10.2. The topological polar surface area (TPSA) is 35.5 Å². The van der Waals surface area contributed by atoms with E-state index in [-0.39, 0.29) is 5.97 Å². The molecule has 1 saturated heterocycles. The summed E-state index contributed by atoms with van der Waals surface area (Å²) >= 11 is 0. The summed E-state index contributed by atoms with van der Waals surface area (Å²) in [6.45, 7) is 3.79. The van der Waals surface area contributed by atoms with Gasteiger partial charge in [-0.25, -0.2) is 0 Å². The molecule has 2 heterocycles. The molecule has 2 rings (SSSR count). The van der Waals surface area contributed by atoms with E-state index in [1.54, 1.807) is 6.92 Å². The summed E-state index contributed by atoms with van der Waals surface area (Å²) in [5.41, 5.74) is 0. The number of hydrogen-bond acceptors (Lipinski definition) is 3. The van der Waals surface area contributed by atoms with Crippen LogP contribution in [0.2, 0.25) is 0 Å². The van der Waals surface area contributed by atoms with Gasteiger partial charge < -0.3 is 9.47 Å².